The summed E-state index contributed by atoms with van der Waals surface area (Å²) >= 11 is 0. The molecule has 0 radical (unpaired) electrons. The zero-order chi connectivity index (χ0) is 20.7. The first-order valence-corrected chi connectivity index (χ1v) is 10.3. The Hall–Kier alpha value is -3.00. The minimum absolute atomic E-state index is 0.0936. The smallest absolute Gasteiger partial charge is 0.233 e. The summed E-state index contributed by atoms with van der Waals surface area (Å²) < 4.78 is 22.3. The molecule has 0 spiro atoms. The molecule has 7 nitrogen and oxygen atoms in total. The molecule has 2 bridgehead atoms. The van der Waals surface area contributed by atoms with Crippen molar-refractivity contribution in [1.29, 1.82) is 0 Å². The normalized spacial score (nSPS) is 25.8. The highest BCUT2D eigenvalue weighted by molar-refractivity contribution is 5.72. The molecule has 0 aliphatic carbocycles. The van der Waals surface area contributed by atoms with Gasteiger partial charge in [0, 0.05) is 48.9 Å². The molecular weight excluding hydrogens is 385 g/mol. The van der Waals surface area contributed by atoms with Crippen molar-refractivity contribution in [2.45, 2.75) is 50.0 Å². The number of fused-ring (bicyclic) bond motifs is 2. The second-order valence-corrected chi connectivity index (χ2v) is 8.10. The van der Waals surface area contributed by atoms with Crippen LogP contribution in [0.4, 0.5) is 4.39 Å². The van der Waals surface area contributed by atoms with Crippen LogP contribution in [0, 0.1) is 0 Å². The van der Waals surface area contributed by atoms with E-state index in [1.54, 1.807) is 28.9 Å². The lowest BCUT2D eigenvalue weighted by Crippen LogP contribution is -2.59. The predicted molar refractivity (Wildman–Crippen MR) is 110 cm³/mol. The van der Waals surface area contributed by atoms with Gasteiger partial charge in [-0.25, -0.2) is 4.39 Å². The van der Waals surface area contributed by atoms with Gasteiger partial charge in [-0.05, 0) is 37.1 Å². The van der Waals surface area contributed by atoms with Gasteiger partial charge in [0.2, 0.25) is 5.88 Å². The number of aromatic nitrogens is 4. The summed E-state index contributed by atoms with van der Waals surface area (Å²) in [5, 5.41) is 26.5. The van der Waals surface area contributed by atoms with E-state index >= 15 is 0 Å². The molecule has 30 heavy (non-hydrogen) atoms. The number of aryl methyl sites for hydroxylation is 1. The van der Waals surface area contributed by atoms with Crippen LogP contribution in [0.2, 0.25) is 0 Å². The molecular formula is C22H24FN5O2. The van der Waals surface area contributed by atoms with E-state index in [0.717, 1.165) is 30.5 Å². The van der Waals surface area contributed by atoms with Crippen molar-refractivity contribution in [3.8, 4) is 34.1 Å². The minimum atomic E-state index is -1.05. The van der Waals surface area contributed by atoms with Crippen LogP contribution < -0.4 is 10.1 Å². The molecule has 2 aromatic heterocycles. The molecule has 2 aliphatic rings. The summed E-state index contributed by atoms with van der Waals surface area (Å²) in [6, 6.07) is 10.8. The fourth-order valence-electron chi connectivity index (χ4n) is 4.43. The summed E-state index contributed by atoms with van der Waals surface area (Å²) in [4.78, 5) is 0. The third-order valence-electron chi connectivity index (χ3n) is 5.97. The number of ether oxygens (including phenoxy) is 1. The zero-order valence-corrected chi connectivity index (χ0v) is 16.7. The van der Waals surface area contributed by atoms with Crippen molar-refractivity contribution < 1.29 is 14.2 Å². The topological polar surface area (TPSA) is 85.1 Å². The van der Waals surface area contributed by atoms with E-state index in [1.807, 2.05) is 25.4 Å². The Bertz CT molecular complexity index is 1040. The Morgan fingerprint density at radius 1 is 1.13 bits per heavy atom. The highest BCUT2D eigenvalue weighted by atomic mass is 19.1. The first kappa shape index (κ1) is 19.0. The van der Waals surface area contributed by atoms with Gasteiger partial charge >= 0.3 is 0 Å². The molecule has 4 heterocycles. The number of phenols is 1. The van der Waals surface area contributed by atoms with Gasteiger partial charge in [-0.15, -0.1) is 10.2 Å². The molecule has 2 saturated heterocycles. The van der Waals surface area contributed by atoms with E-state index < -0.39 is 12.3 Å². The van der Waals surface area contributed by atoms with Crippen LogP contribution in [0.3, 0.4) is 0 Å². The molecule has 2 N–H and O–H groups in total. The summed E-state index contributed by atoms with van der Waals surface area (Å²) in [5.74, 6) is 0.395. The first-order valence-electron chi connectivity index (χ1n) is 10.3. The minimum Gasteiger partial charge on any atom is -0.507 e. The second kappa shape index (κ2) is 7.68. The summed E-state index contributed by atoms with van der Waals surface area (Å²) in [6.45, 7) is 0. The molecule has 2 aliphatic heterocycles. The monoisotopic (exact) mass is 409 g/mol. The predicted octanol–water partition coefficient (Wildman–Crippen LogP) is 3.25. The fourth-order valence-corrected chi connectivity index (χ4v) is 4.43. The number of phenolic OH excluding ortho intramolecular Hbond substituents is 1. The number of hydrogen-bond donors (Lipinski definition) is 2. The Morgan fingerprint density at radius 2 is 2.03 bits per heavy atom. The van der Waals surface area contributed by atoms with Crippen LogP contribution in [-0.4, -0.2) is 49.4 Å². The number of aromatic hydroxyl groups is 1. The molecule has 3 aromatic rings. The third-order valence-corrected chi connectivity index (χ3v) is 5.97. The lowest BCUT2D eigenvalue weighted by atomic mass is 9.84. The Kier molecular flexibility index (Phi) is 4.86. The van der Waals surface area contributed by atoms with E-state index in [1.165, 1.54) is 0 Å². The molecule has 8 heteroatoms. The molecule has 0 saturated carbocycles. The fraction of sp³-hybridized carbons (Fsp3) is 0.409. The largest absolute Gasteiger partial charge is 0.507 e. The van der Waals surface area contributed by atoms with Gasteiger partial charge in [0.1, 0.15) is 11.9 Å². The number of nitrogens with one attached hydrogen (secondary N) is 1. The van der Waals surface area contributed by atoms with E-state index in [2.05, 4.69) is 20.6 Å². The van der Waals surface area contributed by atoms with Gasteiger partial charge in [-0.2, -0.15) is 5.10 Å². The van der Waals surface area contributed by atoms with Gasteiger partial charge in [0.05, 0.1) is 11.4 Å². The van der Waals surface area contributed by atoms with Crippen molar-refractivity contribution >= 4 is 0 Å². The van der Waals surface area contributed by atoms with Gasteiger partial charge in [0.15, 0.2) is 6.17 Å². The van der Waals surface area contributed by atoms with Gasteiger partial charge in [-0.1, -0.05) is 12.5 Å². The van der Waals surface area contributed by atoms with Gasteiger partial charge < -0.3 is 15.2 Å². The average Bonchev–Trinajstić information content (AvgIpc) is 3.19. The number of alkyl halides is 1. The molecule has 0 amide bonds. The zero-order valence-electron chi connectivity index (χ0n) is 16.7. The van der Waals surface area contributed by atoms with E-state index in [4.69, 9.17) is 4.74 Å². The standard InChI is InChI=1S/C22H24FN5O2/c1-28-10-9-16(27-28)13-5-6-15(19(29)11-13)17-7-8-21(26-25-17)30-20-12-14-3-2-4-18(24-14)22(20)23/h5-11,14,18,20,22,24,29H,2-4,12H2,1H3/t14-,18+,20-,22+/m0/s1. The maximum Gasteiger partial charge on any atom is 0.233 e. The number of nitrogens with zero attached hydrogens (tertiary/aromatic N) is 4. The van der Waals surface area contributed by atoms with Crippen molar-refractivity contribution in [2.75, 3.05) is 0 Å². The van der Waals surface area contributed by atoms with E-state index in [-0.39, 0.29) is 11.8 Å². The molecule has 5 rings (SSSR count). The number of hydrogen-bond acceptors (Lipinski definition) is 6. The average molecular weight is 409 g/mol. The Labute approximate surface area is 173 Å². The van der Waals surface area contributed by atoms with E-state index in [9.17, 15) is 9.50 Å². The maximum absolute atomic E-state index is 14.7. The van der Waals surface area contributed by atoms with Crippen molar-refractivity contribution in [2.24, 2.45) is 7.05 Å². The Morgan fingerprint density at radius 3 is 2.77 bits per heavy atom. The molecule has 0 unspecified atom stereocenters. The maximum atomic E-state index is 14.7. The molecule has 156 valence electrons. The number of halogens is 1. The quantitative estimate of drug-likeness (QED) is 0.688. The first-order chi connectivity index (χ1) is 14.6. The van der Waals surface area contributed by atoms with Crippen LogP contribution in [-0.2, 0) is 7.05 Å². The lowest BCUT2D eigenvalue weighted by Gasteiger charge is -2.42. The van der Waals surface area contributed by atoms with Crippen molar-refractivity contribution in [1.82, 2.24) is 25.3 Å². The second-order valence-electron chi connectivity index (χ2n) is 8.10. The molecule has 4 atom stereocenters. The van der Waals surface area contributed by atoms with Gasteiger partial charge in [-0.3, -0.25) is 4.68 Å². The van der Waals surface area contributed by atoms with Crippen LogP contribution in [0.1, 0.15) is 25.7 Å². The number of piperidine rings is 2. The summed E-state index contributed by atoms with van der Waals surface area (Å²) in [6.07, 6.45) is 3.89. The summed E-state index contributed by atoms with van der Waals surface area (Å²) in [7, 11) is 1.85. The van der Waals surface area contributed by atoms with Crippen LogP contribution in [0.25, 0.3) is 22.5 Å². The van der Waals surface area contributed by atoms with Gasteiger partial charge in [0.25, 0.3) is 0 Å². The summed E-state index contributed by atoms with van der Waals surface area (Å²) in [5.41, 5.74) is 2.68. The Balaban J connectivity index is 1.31. The highest BCUT2D eigenvalue weighted by Crippen LogP contribution is 2.33. The van der Waals surface area contributed by atoms with E-state index in [0.29, 0.717) is 29.6 Å². The third kappa shape index (κ3) is 3.63. The van der Waals surface area contributed by atoms with Crippen LogP contribution >= 0.6 is 0 Å². The SMILES string of the molecule is Cn1ccc(-c2ccc(-c3ccc(O[C@H]4C[C@@H]5CCC[C@@H](N5)[C@H]4F)nn3)c(O)c2)n1. The number of rotatable bonds is 4. The van der Waals surface area contributed by atoms with Crippen LogP contribution in [0.5, 0.6) is 11.6 Å². The van der Waals surface area contributed by atoms with Crippen molar-refractivity contribution in [3.05, 3.63) is 42.6 Å². The molecule has 2 fully saturated rings. The van der Waals surface area contributed by atoms with Crippen molar-refractivity contribution in [3.63, 3.8) is 0 Å². The lowest BCUT2D eigenvalue weighted by molar-refractivity contribution is 0.00652. The number of benzene rings is 1. The molecule has 1 aromatic carbocycles. The highest BCUT2D eigenvalue weighted by Gasteiger charge is 2.41. The van der Waals surface area contributed by atoms with Crippen LogP contribution in [0.15, 0.2) is 42.6 Å².